The average molecular weight is 711 g/mol. The molecule has 7 nitrogen and oxygen atoms in total. The molecule has 0 saturated carbocycles. The molecular formula is C43H45BF2N6O. The molecule has 4 aromatic rings. The first-order valence-electron chi connectivity index (χ1n) is 19.1. The third-order valence-electron chi connectivity index (χ3n) is 13.1. The van der Waals surface area contributed by atoms with Crippen LogP contribution in [0.25, 0.3) is 32.9 Å². The summed E-state index contributed by atoms with van der Waals surface area (Å²) in [6, 6.07) is 6.72. The highest BCUT2D eigenvalue weighted by Crippen LogP contribution is 2.47. The van der Waals surface area contributed by atoms with Gasteiger partial charge in [-0.25, -0.2) is 18.7 Å². The van der Waals surface area contributed by atoms with E-state index < -0.39 is 22.8 Å². The quantitative estimate of drug-likeness (QED) is 0.125. The van der Waals surface area contributed by atoms with Crippen molar-refractivity contribution in [3.05, 3.63) is 82.3 Å². The van der Waals surface area contributed by atoms with Crippen LogP contribution in [-0.2, 0) is 6.42 Å². The van der Waals surface area contributed by atoms with Gasteiger partial charge in [-0.15, -0.1) is 6.42 Å². The van der Waals surface area contributed by atoms with E-state index >= 15 is 8.78 Å². The summed E-state index contributed by atoms with van der Waals surface area (Å²) in [7, 11) is 7.23. The number of aliphatic hydroxyl groups is 1. The van der Waals surface area contributed by atoms with Gasteiger partial charge in [-0.3, -0.25) is 14.8 Å². The molecule has 10 heteroatoms. The van der Waals surface area contributed by atoms with E-state index in [9.17, 15) is 5.11 Å². The van der Waals surface area contributed by atoms with Gasteiger partial charge in [0, 0.05) is 47.6 Å². The summed E-state index contributed by atoms with van der Waals surface area (Å²) in [4.78, 5) is 21.5. The van der Waals surface area contributed by atoms with Gasteiger partial charge in [-0.1, -0.05) is 41.4 Å². The molecule has 2 radical (unpaired) electrons. The molecule has 5 aliphatic rings. The third-order valence-corrected chi connectivity index (χ3v) is 13.1. The van der Waals surface area contributed by atoms with Crippen LogP contribution >= 0.6 is 0 Å². The molecule has 1 aliphatic carbocycles. The molecule has 1 N–H and O–H groups in total. The Labute approximate surface area is 311 Å². The van der Waals surface area contributed by atoms with Crippen LogP contribution in [-0.4, -0.2) is 87.1 Å². The van der Waals surface area contributed by atoms with E-state index in [2.05, 4.69) is 29.2 Å². The summed E-state index contributed by atoms with van der Waals surface area (Å²) in [5.41, 5.74) is 3.44. The SMILES string of the molecule is [B]C12CCC(O)(CN(c3nc(CCC45CCCN4CCC5)nc4c(F)c(-c5cc(C)cc6ccc(F)c(C#C)c56)ncc34)C1)N2CC1=C(C)CC(=C)C1. The zero-order valence-corrected chi connectivity index (χ0v) is 30.7. The number of fused-ring (bicyclic) bond motifs is 5. The molecule has 9 rings (SSSR count). The molecule has 2 bridgehead atoms. The van der Waals surface area contributed by atoms with Crippen LogP contribution in [0.3, 0.4) is 0 Å². The molecule has 6 heterocycles. The topological polar surface area (TPSA) is 68.6 Å². The summed E-state index contributed by atoms with van der Waals surface area (Å²) in [5, 5.41) is 13.9. The Balaban J connectivity index is 1.16. The summed E-state index contributed by atoms with van der Waals surface area (Å²) in [6.45, 7) is 11.7. The van der Waals surface area contributed by atoms with Gasteiger partial charge in [-0.05, 0) is 108 Å². The number of rotatable bonds is 7. The van der Waals surface area contributed by atoms with Crippen LogP contribution in [0.2, 0.25) is 0 Å². The lowest BCUT2D eigenvalue weighted by molar-refractivity contribution is -0.103. The first kappa shape index (κ1) is 34.6. The van der Waals surface area contributed by atoms with Gasteiger partial charge in [0.2, 0.25) is 0 Å². The second kappa shape index (κ2) is 12.4. The van der Waals surface area contributed by atoms with Crippen LogP contribution < -0.4 is 4.90 Å². The molecule has 2 atom stereocenters. The second-order valence-electron chi connectivity index (χ2n) is 16.6. The van der Waals surface area contributed by atoms with E-state index in [0.29, 0.717) is 65.7 Å². The highest BCUT2D eigenvalue weighted by molar-refractivity contribution is 6.16. The smallest absolute Gasteiger partial charge is 0.175 e. The second-order valence-corrected chi connectivity index (χ2v) is 16.6. The average Bonchev–Trinajstić information content (AvgIpc) is 3.83. The van der Waals surface area contributed by atoms with E-state index in [0.717, 1.165) is 50.8 Å². The van der Waals surface area contributed by atoms with Crippen LogP contribution in [0.15, 0.2) is 53.8 Å². The number of terminal acetylenes is 1. The lowest BCUT2D eigenvalue weighted by atomic mass is 9.74. The Bertz CT molecular complexity index is 2270. The van der Waals surface area contributed by atoms with Crippen LogP contribution in [0.5, 0.6) is 0 Å². The number of pyridine rings is 1. The number of nitrogens with zero attached hydrogens (tertiary/aromatic N) is 6. The number of β-amino-alcohol motifs (C(OH)–C–C–N with tert-alkyl or cyclic N) is 1. The van der Waals surface area contributed by atoms with Crippen molar-refractivity contribution in [1.29, 1.82) is 0 Å². The minimum absolute atomic E-state index is 0.0564. The maximum atomic E-state index is 17.3. The number of benzene rings is 2. The van der Waals surface area contributed by atoms with Gasteiger partial charge >= 0.3 is 0 Å². The van der Waals surface area contributed by atoms with E-state index in [1.54, 1.807) is 18.3 Å². The van der Waals surface area contributed by atoms with Crippen molar-refractivity contribution in [3.63, 3.8) is 0 Å². The Kier molecular flexibility index (Phi) is 8.12. The van der Waals surface area contributed by atoms with E-state index in [1.165, 1.54) is 35.6 Å². The van der Waals surface area contributed by atoms with Crippen molar-refractivity contribution in [1.82, 2.24) is 24.8 Å². The summed E-state index contributed by atoms with van der Waals surface area (Å²) in [5.74, 6) is 2.42. The van der Waals surface area contributed by atoms with Crippen molar-refractivity contribution in [2.75, 3.05) is 37.6 Å². The Morgan fingerprint density at radius 2 is 1.83 bits per heavy atom. The lowest BCUT2D eigenvalue weighted by Crippen LogP contribution is -2.68. The van der Waals surface area contributed by atoms with Crippen molar-refractivity contribution in [3.8, 4) is 23.6 Å². The van der Waals surface area contributed by atoms with Crippen molar-refractivity contribution < 1.29 is 13.9 Å². The fourth-order valence-corrected chi connectivity index (χ4v) is 10.5. The number of allylic oxidation sites excluding steroid dienone is 2. The van der Waals surface area contributed by atoms with Gasteiger partial charge in [0.25, 0.3) is 0 Å². The Hall–Kier alpha value is -4.17. The molecule has 53 heavy (non-hydrogen) atoms. The molecule has 0 amide bonds. The van der Waals surface area contributed by atoms with Crippen LogP contribution in [0, 0.1) is 30.9 Å². The molecule has 2 aromatic carbocycles. The largest absolute Gasteiger partial charge is 0.374 e. The normalized spacial score (nSPS) is 25.7. The van der Waals surface area contributed by atoms with E-state index in [-0.39, 0.29) is 28.9 Å². The molecule has 4 fully saturated rings. The van der Waals surface area contributed by atoms with Gasteiger partial charge in [0.1, 0.15) is 34.4 Å². The molecule has 4 saturated heterocycles. The fraction of sp³-hybridized carbons (Fsp3) is 0.465. The molecular weight excluding hydrogens is 665 g/mol. The summed E-state index contributed by atoms with van der Waals surface area (Å²) >= 11 is 0. The molecule has 0 spiro atoms. The molecule has 2 aromatic heterocycles. The number of hydrogen-bond donors (Lipinski definition) is 1. The maximum absolute atomic E-state index is 17.3. The van der Waals surface area contributed by atoms with Gasteiger partial charge in [-0.2, -0.15) is 0 Å². The van der Waals surface area contributed by atoms with Gasteiger partial charge < -0.3 is 10.0 Å². The van der Waals surface area contributed by atoms with E-state index in [4.69, 9.17) is 29.2 Å². The van der Waals surface area contributed by atoms with E-state index in [1.807, 2.05) is 17.9 Å². The lowest BCUT2D eigenvalue weighted by Gasteiger charge is -2.52. The van der Waals surface area contributed by atoms with Crippen molar-refractivity contribution in [2.45, 2.75) is 94.8 Å². The highest BCUT2D eigenvalue weighted by Gasteiger charge is 2.57. The minimum atomic E-state index is -1.20. The first-order valence-corrected chi connectivity index (χ1v) is 19.1. The zero-order valence-electron chi connectivity index (χ0n) is 30.7. The predicted octanol–water partition coefficient (Wildman–Crippen LogP) is 7.11. The summed E-state index contributed by atoms with van der Waals surface area (Å²) < 4.78 is 32.4. The van der Waals surface area contributed by atoms with Crippen molar-refractivity contribution in [2.24, 2.45) is 0 Å². The molecule has 2 unspecified atom stereocenters. The van der Waals surface area contributed by atoms with Gasteiger partial charge in [0.05, 0.1) is 25.3 Å². The molecule has 4 aliphatic heterocycles. The number of aryl methyl sites for hydroxylation is 2. The summed E-state index contributed by atoms with van der Waals surface area (Å²) in [6.07, 6.45) is 16.4. The number of halogens is 2. The van der Waals surface area contributed by atoms with Gasteiger partial charge in [0.15, 0.2) is 5.82 Å². The number of anilines is 1. The maximum Gasteiger partial charge on any atom is 0.175 e. The minimum Gasteiger partial charge on any atom is -0.374 e. The standard InChI is InChI=1S/C43H45BF2N6O/c1-5-31-34(45)9-8-29-19-27(3)21-32(36(29)31)38-37(46)39-33(22-47-38)40(49-35(48-39)10-13-41-11-6-16-51(41)17-7-12-41)50-24-42(44)14-15-43(53,25-50)52(42)23-30-20-26(2)18-28(30)4/h1,8-9,19,21-22,53H,2,6-7,10-18,20,23-25H2,3-4H3. The fourth-order valence-electron chi connectivity index (χ4n) is 10.5. The Morgan fingerprint density at radius 1 is 1.04 bits per heavy atom. The number of hydrogen-bond acceptors (Lipinski definition) is 7. The first-order chi connectivity index (χ1) is 25.4. The van der Waals surface area contributed by atoms with Crippen molar-refractivity contribution >= 4 is 35.3 Å². The predicted molar refractivity (Wildman–Crippen MR) is 207 cm³/mol. The van der Waals surface area contributed by atoms with Crippen LogP contribution in [0.4, 0.5) is 14.6 Å². The number of piperazine rings is 1. The van der Waals surface area contributed by atoms with Crippen LogP contribution in [0.1, 0.15) is 81.7 Å². The number of aromatic nitrogens is 3. The zero-order chi connectivity index (χ0) is 36.9. The monoisotopic (exact) mass is 710 g/mol. The molecule has 270 valence electrons. The third kappa shape index (κ3) is 5.53. The highest BCUT2D eigenvalue weighted by atomic mass is 19.1. The Morgan fingerprint density at radius 3 is 2.55 bits per heavy atom.